The zero-order chi connectivity index (χ0) is 24.5. The molecule has 176 valence electrons. The van der Waals surface area contributed by atoms with E-state index in [0.717, 1.165) is 17.5 Å². The first-order valence-corrected chi connectivity index (χ1v) is 11.7. The van der Waals surface area contributed by atoms with Crippen LogP contribution in [0.2, 0.25) is 0 Å². The van der Waals surface area contributed by atoms with Crippen LogP contribution in [0.25, 0.3) is 0 Å². The third-order valence-corrected chi connectivity index (χ3v) is 7.10. The van der Waals surface area contributed by atoms with E-state index in [9.17, 15) is 9.90 Å². The van der Waals surface area contributed by atoms with E-state index >= 15 is 0 Å². The van der Waals surface area contributed by atoms with Gasteiger partial charge in [-0.3, -0.25) is 4.79 Å². The number of hydrogen-bond donors (Lipinski definition) is 2. The van der Waals surface area contributed by atoms with Crippen LogP contribution in [0.3, 0.4) is 0 Å². The molecule has 3 aromatic rings. The third kappa shape index (κ3) is 4.24. The zero-order valence-electron chi connectivity index (χ0n) is 20.5. The van der Waals surface area contributed by atoms with E-state index < -0.39 is 11.5 Å². The highest BCUT2D eigenvalue weighted by molar-refractivity contribution is 5.91. The lowest BCUT2D eigenvalue weighted by atomic mass is 9.79. The SMILES string of the molecule is Cc1cc2c(cc1/C=N/NC(=O)C(O)(c1ccccc1)c1ccccc1)C(C)CC(C)(C)N2C. The zero-order valence-corrected chi connectivity index (χ0v) is 20.5. The molecule has 0 saturated heterocycles. The van der Waals surface area contributed by atoms with Crippen LogP contribution in [0.1, 0.15) is 60.9 Å². The Morgan fingerprint density at radius 1 is 1.09 bits per heavy atom. The quantitative estimate of drug-likeness (QED) is 0.415. The third-order valence-electron chi connectivity index (χ3n) is 7.10. The molecule has 0 aromatic heterocycles. The van der Waals surface area contributed by atoms with E-state index in [0.29, 0.717) is 17.0 Å². The van der Waals surface area contributed by atoms with Crippen LogP contribution in [-0.2, 0) is 10.4 Å². The second kappa shape index (κ2) is 9.07. The van der Waals surface area contributed by atoms with Crippen molar-refractivity contribution in [3.63, 3.8) is 0 Å². The Labute approximate surface area is 202 Å². The van der Waals surface area contributed by atoms with Gasteiger partial charge in [0, 0.05) is 18.3 Å². The van der Waals surface area contributed by atoms with Gasteiger partial charge in [-0.15, -0.1) is 0 Å². The smallest absolute Gasteiger partial charge is 0.281 e. The molecule has 0 fully saturated rings. The van der Waals surface area contributed by atoms with Gasteiger partial charge in [0.15, 0.2) is 5.60 Å². The molecule has 3 aromatic carbocycles. The number of nitrogens with one attached hydrogen (secondary N) is 1. The van der Waals surface area contributed by atoms with E-state index in [-0.39, 0.29) is 5.54 Å². The van der Waals surface area contributed by atoms with E-state index in [1.54, 1.807) is 54.7 Å². The van der Waals surface area contributed by atoms with Gasteiger partial charge in [0.25, 0.3) is 5.91 Å². The largest absolute Gasteiger partial charge is 0.372 e. The fourth-order valence-corrected chi connectivity index (χ4v) is 4.90. The molecule has 0 radical (unpaired) electrons. The number of benzene rings is 3. The van der Waals surface area contributed by atoms with Crippen LogP contribution in [0.15, 0.2) is 77.9 Å². The molecule has 1 amide bonds. The van der Waals surface area contributed by atoms with Gasteiger partial charge in [-0.05, 0) is 73.1 Å². The van der Waals surface area contributed by atoms with Crippen LogP contribution in [-0.4, -0.2) is 29.8 Å². The standard InChI is InChI=1S/C29H33N3O2/c1-20-16-26-25(21(2)18-28(3,4)32(26)5)17-22(20)19-30-31-27(33)29(34,23-12-8-6-9-13-23)24-14-10-7-11-15-24/h6-17,19,21,34H,18H2,1-5H3,(H,31,33)/b30-19+. The Morgan fingerprint density at radius 2 is 1.65 bits per heavy atom. The van der Waals surface area contributed by atoms with Crippen molar-refractivity contribution < 1.29 is 9.90 Å². The number of hydrazone groups is 1. The van der Waals surface area contributed by atoms with Crippen LogP contribution < -0.4 is 10.3 Å². The molecule has 1 aliphatic heterocycles. The lowest BCUT2D eigenvalue weighted by Gasteiger charge is -2.45. The van der Waals surface area contributed by atoms with Crippen molar-refractivity contribution in [2.45, 2.75) is 51.2 Å². The Kier molecular flexibility index (Phi) is 6.32. The first-order valence-electron chi connectivity index (χ1n) is 11.7. The van der Waals surface area contributed by atoms with Gasteiger partial charge in [0.2, 0.25) is 0 Å². The van der Waals surface area contributed by atoms with Crippen molar-refractivity contribution in [3.05, 3.63) is 101 Å². The average molecular weight is 456 g/mol. The molecule has 4 rings (SSSR count). The van der Waals surface area contributed by atoms with Crippen molar-refractivity contribution in [3.8, 4) is 0 Å². The van der Waals surface area contributed by atoms with Crippen LogP contribution in [0.5, 0.6) is 0 Å². The summed E-state index contributed by atoms with van der Waals surface area (Å²) in [6, 6.07) is 22.2. The number of nitrogens with zero attached hydrogens (tertiary/aromatic N) is 2. The summed E-state index contributed by atoms with van der Waals surface area (Å²) in [4.78, 5) is 15.6. The van der Waals surface area contributed by atoms with E-state index in [4.69, 9.17) is 0 Å². The highest BCUT2D eigenvalue weighted by Gasteiger charge is 2.40. The van der Waals surface area contributed by atoms with Gasteiger partial charge in [-0.25, -0.2) is 5.43 Å². The average Bonchev–Trinajstić information content (AvgIpc) is 2.83. The first kappa shape index (κ1) is 23.7. The predicted molar refractivity (Wildman–Crippen MR) is 138 cm³/mol. The summed E-state index contributed by atoms with van der Waals surface area (Å²) < 4.78 is 0. The van der Waals surface area contributed by atoms with Crippen LogP contribution in [0, 0.1) is 6.92 Å². The lowest BCUT2D eigenvalue weighted by Crippen LogP contribution is -2.45. The normalized spacial score (nSPS) is 17.5. The van der Waals surface area contributed by atoms with Crippen molar-refractivity contribution >= 4 is 17.8 Å². The summed E-state index contributed by atoms with van der Waals surface area (Å²) in [5.41, 5.74) is 6.34. The molecule has 34 heavy (non-hydrogen) atoms. The second-order valence-electron chi connectivity index (χ2n) is 9.89. The van der Waals surface area contributed by atoms with Crippen LogP contribution >= 0.6 is 0 Å². The molecule has 0 spiro atoms. The summed E-state index contributed by atoms with van der Waals surface area (Å²) in [6.07, 6.45) is 2.73. The van der Waals surface area contributed by atoms with Gasteiger partial charge >= 0.3 is 0 Å². The van der Waals surface area contributed by atoms with E-state index in [2.05, 4.69) is 55.4 Å². The minimum atomic E-state index is -1.85. The monoisotopic (exact) mass is 455 g/mol. The number of fused-ring (bicyclic) bond motifs is 1. The Bertz CT molecular complexity index is 1160. The molecule has 1 heterocycles. The maximum absolute atomic E-state index is 13.3. The number of aryl methyl sites for hydroxylation is 1. The minimum absolute atomic E-state index is 0.0990. The van der Waals surface area contributed by atoms with Crippen molar-refractivity contribution in [1.82, 2.24) is 5.43 Å². The molecule has 0 bridgehead atoms. The Morgan fingerprint density at radius 3 is 2.21 bits per heavy atom. The summed E-state index contributed by atoms with van der Waals surface area (Å²) in [5.74, 6) is -0.184. The van der Waals surface area contributed by atoms with Crippen LogP contribution in [0.4, 0.5) is 5.69 Å². The fraction of sp³-hybridized carbons (Fsp3) is 0.310. The molecule has 2 N–H and O–H groups in total. The van der Waals surface area contributed by atoms with Gasteiger partial charge in [0.1, 0.15) is 0 Å². The summed E-state index contributed by atoms with van der Waals surface area (Å²) >= 11 is 0. The molecule has 5 nitrogen and oxygen atoms in total. The number of hydrogen-bond acceptors (Lipinski definition) is 4. The van der Waals surface area contributed by atoms with Crippen molar-refractivity contribution in [2.75, 3.05) is 11.9 Å². The molecule has 1 aliphatic rings. The molecular weight excluding hydrogens is 422 g/mol. The molecule has 0 saturated carbocycles. The minimum Gasteiger partial charge on any atom is -0.372 e. The number of rotatable bonds is 5. The molecule has 1 unspecified atom stereocenters. The molecule has 0 aliphatic carbocycles. The van der Waals surface area contributed by atoms with Gasteiger partial charge in [-0.1, -0.05) is 67.6 Å². The number of aliphatic hydroxyl groups is 1. The maximum Gasteiger partial charge on any atom is 0.281 e. The van der Waals surface area contributed by atoms with E-state index in [1.807, 2.05) is 19.1 Å². The highest BCUT2D eigenvalue weighted by atomic mass is 16.3. The number of carbonyl (C=O) groups is 1. The fourth-order valence-electron chi connectivity index (χ4n) is 4.90. The predicted octanol–water partition coefficient (Wildman–Crippen LogP) is 5.10. The van der Waals surface area contributed by atoms with Gasteiger partial charge < -0.3 is 10.0 Å². The topological polar surface area (TPSA) is 64.9 Å². The van der Waals surface area contributed by atoms with Crippen molar-refractivity contribution in [1.29, 1.82) is 0 Å². The maximum atomic E-state index is 13.3. The van der Waals surface area contributed by atoms with Gasteiger partial charge in [-0.2, -0.15) is 5.10 Å². The number of anilines is 1. The molecule has 5 heteroatoms. The summed E-state index contributed by atoms with van der Waals surface area (Å²) in [5, 5.41) is 15.8. The van der Waals surface area contributed by atoms with Gasteiger partial charge in [0.05, 0.1) is 6.21 Å². The number of carbonyl (C=O) groups excluding carboxylic acids is 1. The molecular formula is C29H33N3O2. The second-order valence-corrected chi connectivity index (χ2v) is 9.89. The lowest BCUT2D eigenvalue weighted by molar-refractivity contribution is -0.136. The molecule has 1 atom stereocenters. The van der Waals surface area contributed by atoms with E-state index in [1.165, 1.54) is 11.3 Å². The summed E-state index contributed by atoms with van der Waals surface area (Å²) in [6.45, 7) is 8.85. The Balaban J connectivity index is 1.62. The van der Waals surface area contributed by atoms with Crippen molar-refractivity contribution in [2.24, 2.45) is 5.10 Å². The highest BCUT2D eigenvalue weighted by Crippen LogP contribution is 2.43. The summed E-state index contributed by atoms with van der Waals surface area (Å²) in [7, 11) is 2.14. The number of amides is 1. The first-order chi connectivity index (χ1) is 16.1. The Hall–Kier alpha value is -3.44.